The van der Waals surface area contributed by atoms with Crippen molar-refractivity contribution in [2.45, 2.75) is 24.6 Å². The SMILES string of the molecule is C=C(c1cccc(C2(N)CC2)c1)C(F)(F)F. The minimum atomic E-state index is -4.38. The van der Waals surface area contributed by atoms with Gasteiger partial charge in [-0.2, -0.15) is 13.2 Å². The monoisotopic (exact) mass is 227 g/mol. The number of alkyl halides is 3. The lowest BCUT2D eigenvalue weighted by Crippen LogP contribution is -2.19. The van der Waals surface area contributed by atoms with Crippen LogP contribution in [0.15, 0.2) is 30.8 Å². The van der Waals surface area contributed by atoms with Crippen LogP contribution in [0.25, 0.3) is 5.57 Å². The van der Waals surface area contributed by atoms with Gasteiger partial charge in [0.1, 0.15) is 0 Å². The Morgan fingerprint density at radius 3 is 2.44 bits per heavy atom. The first-order valence-electron chi connectivity index (χ1n) is 4.99. The molecule has 0 saturated heterocycles. The molecule has 0 radical (unpaired) electrons. The fourth-order valence-corrected chi connectivity index (χ4v) is 1.60. The Hall–Kier alpha value is -1.29. The van der Waals surface area contributed by atoms with Gasteiger partial charge in [-0.05, 0) is 30.0 Å². The molecule has 0 atom stereocenters. The molecular formula is C12H12F3N. The molecule has 1 aliphatic carbocycles. The zero-order chi connectivity index (χ0) is 12.0. The Morgan fingerprint density at radius 1 is 1.31 bits per heavy atom. The Labute approximate surface area is 91.8 Å². The number of nitrogens with two attached hydrogens (primary N) is 1. The first-order chi connectivity index (χ1) is 7.33. The van der Waals surface area contributed by atoms with Crippen LogP contribution in [0.2, 0.25) is 0 Å². The summed E-state index contributed by atoms with van der Waals surface area (Å²) in [5.41, 5.74) is 5.56. The van der Waals surface area contributed by atoms with E-state index in [2.05, 4.69) is 6.58 Å². The van der Waals surface area contributed by atoms with Crippen LogP contribution in [0.1, 0.15) is 24.0 Å². The molecule has 16 heavy (non-hydrogen) atoms. The summed E-state index contributed by atoms with van der Waals surface area (Å²) in [5.74, 6) is 0. The molecule has 1 aromatic rings. The van der Waals surface area contributed by atoms with E-state index in [1.165, 1.54) is 12.1 Å². The lowest BCUT2D eigenvalue weighted by Gasteiger charge is -2.14. The quantitative estimate of drug-likeness (QED) is 0.824. The maximum Gasteiger partial charge on any atom is 0.416 e. The van der Waals surface area contributed by atoms with Crippen LogP contribution in [-0.2, 0) is 5.54 Å². The zero-order valence-corrected chi connectivity index (χ0v) is 8.64. The molecule has 4 heteroatoms. The summed E-state index contributed by atoms with van der Waals surface area (Å²) in [6.07, 6.45) is -2.73. The molecule has 0 amide bonds. The van der Waals surface area contributed by atoms with Gasteiger partial charge in [-0.25, -0.2) is 0 Å². The highest BCUT2D eigenvalue weighted by Gasteiger charge is 2.40. The molecule has 0 spiro atoms. The van der Waals surface area contributed by atoms with Crippen molar-refractivity contribution in [3.63, 3.8) is 0 Å². The molecule has 1 saturated carbocycles. The Balaban J connectivity index is 2.33. The normalized spacial score (nSPS) is 18.2. The molecule has 2 rings (SSSR count). The van der Waals surface area contributed by atoms with Gasteiger partial charge in [-0.1, -0.05) is 24.8 Å². The van der Waals surface area contributed by atoms with E-state index < -0.39 is 17.3 Å². The largest absolute Gasteiger partial charge is 0.416 e. The topological polar surface area (TPSA) is 26.0 Å². The van der Waals surface area contributed by atoms with E-state index in [1.54, 1.807) is 12.1 Å². The predicted molar refractivity (Wildman–Crippen MR) is 56.6 cm³/mol. The van der Waals surface area contributed by atoms with Gasteiger partial charge in [0.15, 0.2) is 0 Å². The van der Waals surface area contributed by atoms with E-state index in [0.717, 1.165) is 18.4 Å². The van der Waals surface area contributed by atoms with Gasteiger partial charge in [0.05, 0.1) is 5.57 Å². The summed E-state index contributed by atoms with van der Waals surface area (Å²) in [6, 6.07) is 6.25. The van der Waals surface area contributed by atoms with Gasteiger partial charge in [-0.3, -0.25) is 0 Å². The number of hydrogen-bond donors (Lipinski definition) is 1. The van der Waals surface area contributed by atoms with Gasteiger partial charge in [0.2, 0.25) is 0 Å². The van der Waals surface area contributed by atoms with Crippen LogP contribution in [-0.4, -0.2) is 6.18 Å². The molecule has 1 nitrogen and oxygen atoms in total. The van der Waals surface area contributed by atoms with Crippen LogP contribution in [0, 0.1) is 0 Å². The number of hydrogen-bond acceptors (Lipinski definition) is 1. The summed E-state index contributed by atoms with van der Waals surface area (Å²) in [5, 5.41) is 0. The van der Waals surface area contributed by atoms with Gasteiger partial charge in [-0.15, -0.1) is 0 Å². The van der Waals surface area contributed by atoms with Gasteiger partial charge in [0, 0.05) is 5.54 Å². The summed E-state index contributed by atoms with van der Waals surface area (Å²) < 4.78 is 37.3. The maximum atomic E-state index is 12.4. The molecular weight excluding hydrogens is 215 g/mol. The summed E-state index contributed by atoms with van der Waals surface area (Å²) in [4.78, 5) is 0. The number of benzene rings is 1. The number of halogens is 3. The van der Waals surface area contributed by atoms with Crippen molar-refractivity contribution in [2.75, 3.05) is 0 Å². The van der Waals surface area contributed by atoms with Crippen molar-refractivity contribution in [2.24, 2.45) is 5.73 Å². The van der Waals surface area contributed by atoms with Crippen LogP contribution >= 0.6 is 0 Å². The van der Waals surface area contributed by atoms with Crippen molar-refractivity contribution in [3.8, 4) is 0 Å². The van der Waals surface area contributed by atoms with Crippen LogP contribution < -0.4 is 5.73 Å². The standard InChI is InChI=1S/C12H12F3N/c1-8(12(13,14)15)9-3-2-4-10(7-9)11(16)5-6-11/h2-4,7H,1,5-6,16H2. The highest BCUT2D eigenvalue weighted by molar-refractivity contribution is 5.68. The highest BCUT2D eigenvalue weighted by atomic mass is 19.4. The fraction of sp³-hybridized carbons (Fsp3) is 0.333. The summed E-state index contributed by atoms with van der Waals surface area (Å²) in [6.45, 7) is 3.07. The predicted octanol–water partition coefficient (Wildman–Crippen LogP) is 3.21. The van der Waals surface area contributed by atoms with Crippen molar-refractivity contribution in [1.29, 1.82) is 0 Å². The Bertz CT molecular complexity index is 430. The van der Waals surface area contributed by atoms with Crippen LogP contribution in [0.4, 0.5) is 13.2 Å². The van der Waals surface area contributed by atoms with E-state index >= 15 is 0 Å². The van der Waals surface area contributed by atoms with E-state index in [9.17, 15) is 13.2 Å². The molecule has 0 bridgehead atoms. The Kier molecular flexibility index (Phi) is 2.35. The third-order valence-electron chi connectivity index (χ3n) is 2.92. The maximum absolute atomic E-state index is 12.4. The minimum Gasteiger partial charge on any atom is -0.321 e. The molecule has 0 aromatic heterocycles. The fourth-order valence-electron chi connectivity index (χ4n) is 1.60. The van der Waals surface area contributed by atoms with Crippen LogP contribution in [0.5, 0.6) is 0 Å². The Morgan fingerprint density at radius 2 is 1.94 bits per heavy atom. The summed E-state index contributed by atoms with van der Waals surface area (Å²) >= 11 is 0. The average molecular weight is 227 g/mol. The molecule has 2 N–H and O–H groups in total. The third kappa shape index (κ3) is 1.97. The van der Waals surface area contributed by atoms with Crippen molar-refractivity contribution in [1.82, 2.24) is 0 Å². The summed E-state index contributed by atoms with van der Waals surface area (Å²) in [7, 11) is 0. The molecule has 0 heterocycles. The van der Waals surface area contributed by atoms with Gasteiger partial charge >= 0.3 is 6.18 Å². The lowest BCUT2D eigenvalue weighted by molar-refractivity contribution is -0.0686. The van der Waals surface area contributed by atoms with Crippen LogP contribution in [0.3, 0.4) is 0 Å². The lowest BCUT2D eigenvalue weighted by atomic mass is 9.99. The van der Waals surface area contributed by atoms with E-state index in [4.69, 9.17) is 5.73 Å². The molecule has 0 unspecified atom stereocenters. The third-order valence-corrected chi connectivity index (χ3v) is 2.92. The van der Waals surface area contributed by atoms with Crippen molar-refractivity contribution >= 4 is 5.57 Å². The van der Waals surface area contributed by atoms with E-state index in [1.807, 2.05) is 0 Å². The smallest absolute Gasteiger partial charge is 0.321 e. The number of allylic oxidation sites excluding steroid dienone is 1. The van der Waals surface area contributed by atoms with E-state index in [-0.39, 0.29) is 5.56 Å². The highest BCUT2D eigenvalue weighted by Crippen LogP contribution is 2.43. The van der Waals surface area contributed by atoms with Gasteiger partial charge < -0.3 is 5.73 Å². The van der Waals surface area contributed by atoms with Crippen molar-refractivity contribution in [3.05, 3.63) is 42.0 Å². The molecule has 1 aromatic carbocycles. The average Bonchev–Trinajstić information content (AvgIpc) is 2.96. The second-order valence-electron chi connectivity index (χ2n) is 4.21. The zero-order valence-electron chi connectivity index (χ0n) is 8.64. The second-order valence-corrected chi connectivity index (χ2v) is 4.21. The minimum absolute atomic E-state index is 0.0988. The first kappa shape index (κ1) is 11.2. The van der Waals surface area contributed by atoms with E-state index in [0.29, 0.717) is 0 Å². The van der Waals surface area contributed by atoms with Crippen molar-refractivity contribution < 1.29 is 13.2 Å². The molecule has 1 aliphatic rings. The number of rotatable bonds is 2. The molecule has 0 aliphatic heterocycles. The second kappa shape index (κ2) is 3.35. The molecule has 86 valence electrons. The van der Waals surface area contributed by atoms with Gasteiger partial charge in [0.25, 0.3) is 0 Å². The first-order valence-corrected chi connectivity index (χ1v) is 4.99. The molecule has 1 fully saturated rings.